The van der Waals surface area contributed by atoms with Crippen molar-refractivity contribution in [2.24, 2.45) is 0 Å². The second kappa shape index (κ2) is 5.20. The van der Waals surface area contributed by atoms with Gasteiger partial charge in [-0.05, 0) is 35.4 Å². The number of aromatic nitrogens is 1. The Bertz CT molecular complexity index is 891. The molecule has 0 amide bonds. The average molecular weight is 316 g/mol. The standard InChI is InChI=1S/C16H10ClNO4/c17-10-3-1-8(2-4-10)9-5-11-13(19)7-12(16(21)22)18-15(11)14(20)6-9/h1-7,20H,(H,18,19)(H,21,22). The van der Waals surface area contributed by atoms with Crippen LogP contribution in [0, 0.1) is 0 Å². The van der Waals surface area contributed by atoms with E-state index in [4.69, 9.17) is 16.7 Å². The number of carboxylic acid groups (broad SMARTS) is 1. The zero-order valence-electron chi connectivity index (χ0n) is 11.1. The first kappa shape index (κ1) is 14.2. The third-order valence-electron chi connectivity index (χ3n) is 3.27. The number of aromatic hydroxyl groups is 2. The minimum Gasteiger partial charge on any atom is -0.507 e. The van der Waals surface area contributed by atoms with E-state index in [0.29, 0.717) is 10.6 Å². The van der Waals surface area contributed by atoms with Crippen molar-refractivity contribution in [3.8, 4) is 22.6 Å². The molecule has 0 aliphatic carbocycles. The number of phenols is 1. The van der Waals surface area contributed by atoms with Gasteiger partial charge in [-0.25, -0.2) is 9.78 Å². The van der Waals surface area contributed by atoms with E-state index < -0.39 is 5.97 Å². The molecule has 2 aromatic carbocycles. The van der Waals surface area contributed by atoms with E-state index in [1.165, 1.54) is 6.07 Å². The molecule has 0 atom stereocenters. The minimum atomic E-state index is -1.28. The number of halogens is 1. The predicted molar refractivity (Wildman–Crippen MR) is 82.5 cm³/mol. The first-order valence-electron chi connectivity index (χ1n) is 6.31. The van der Waals surface area contributed by atoms with Gasteiger partial charge in [0, 0.05) is 16.5 Å². The number of pyridine rings is 1. The Kier molecular flexibility index (Phi) is 3.35. The molecule has 110 valence electrons. The van der Waals surface area contributed by atoms with Crippen molar-refractivity contribution in [1.29, 1.82) is 0 Å². The fraction of sp³-hybridized carbons (Fsp3) is 0. The summed E-state index contributed by atoms with van der Waals surface area (Å²) in [5.74, 6) is -1.74. The normalized spacial score (nSPS) is 10.8. The van der Waals surface area contributed by atoms with Crippen molar-refractivity contribution in [2.75, 3.05) is 0 Å². The number of rotatable bonds is 2. The summed E-state index contributed by atoms with van der Waals surface area (Å²) in [4.78, 5) is 14.8. The maximum Gasteiger partial charge on any atom is 0.354 e. The Morgan fingerprint density at radius 2 is 1.64 bits per heavy atom. The first-order chi connectivity index (χ1) is 10.5. The topological polar surface area (TPSA) is 90.7 Å². The molecule has 0 bridgehead atoms. The summed E-state index contributed by atoms with van der Waals surface area (Å²) in [5, 5.41) is 29.9. The van der Waals surface area contributed by atoms with Crippen molar-refractivity contribution in [1.82, 2.24) is 4.98 Å². The van der Waals surface area contributed by atoms with E-state index >= 15 is 0 Å². The van der Waals surface area contributed by atoms with E-state index in [1.54, 1.807) is 30.3 Å². The molecule has 3 aromatic rings. The van der Waals surface area contributed by atoms with Crippen molar-refractivity contribution < 1.29 is 20.1 Å². The van der Waals surface area contributed by atoms with Gasteiger partial charge >= 0.3 is 5.97 Å². The number of hydrogen-bond acceptors (Lipinski definition) is 4. The summed E-state index contributed by atoms with van der Waals surface area (Å²) >= 11 is 5.84. The molecule has 0 aliphatic heterocycles. The summed E-state index contributed by atoms with van der Waals surface area (Å²) in [5.41, 5.74) is 1.15. The number of nitrogens with zero attached hydrogens (tertiary/aromatic N) is 1. The Labute approximate surface area is 130 Å². The summed E-state index contributed by atoms with van der Waals surface area (Å²) in [6.07, 6.45) is 0. The van der Waals surface area contributed by atoms with Crippen LogP contribution in [0.2, 0.25) is 5.02 Å². The van der Waals surface area contributed by atoms with Gasteiger partial charge in [-0.3, -0.25) is 0 Å². The number of phenolic OH excluding ortho intramolecular Hbond substituents is 1. The zero-order chi connectivity index (χ0) is 15.9. The third kappa shape index (κ3) is 2.42. The molecule has 0 aliphatic rings. The lowest BCUT2D eigenvalue weighted by atomic mass is 10.0. The maximum absolute atomic E-state index is 11.0. The molecule has 22 heavy (non-hydrogen) atoms. The van der Waals surface area contributed by atoms with Crippen LogP contribution < -0.4 is 0 Å². The van der Waals surface area contributed by atoms with Gasteiger partial charge < -0.3 is 15.3 Å². The highest BCUT2D eigenvalue weighted by atomic mass is 35.5. The van der Waals surface area contributed by atoms with Crippen molar-refractivity contribution in [2.45, 2.75) is 0 Å². The SMILES string of the molecule is O=C(O)c1cc(O)c2cc(-c3ccc(Cl)cc3)cc(O)c2n1. The predicted octanol–water partition coefficient (Wildman–Crippen LogP) is 3.66. The van der Waals surface area contributed by atoms with E-state index in [0.717, 1.165) is 11.6 Å². The van der Waals surface area contributed by atoms with Gasteiger partial charge in [0.2, 0.25) is 0 Å². The van der Waals surface area contributed by atoms with Crippen LogP contribution in [0.15, 0.2) is 42.5 Å². The van der Waals surface area contributed by atoms with Crippen LogP contribution in [0.4, 0.5) is 0 Å². The summed E-state index contributed by atoms with van der Waals surface area (Å²) in [6, 6.07) is 11.1. The molecule has 0 spiro atoms. The minimum absolute atomic E-state index is 0.0371. The number of carbonyl (C=O) groups is 1. The third-order valence-corrected chi connectivity index (χ3v) is 3.52. The lowest BCUT2D eigenvalue weighted by Gasteiger charge is -2.08. The van der Waals surface area contributed by atoms with Gasteiger partial charge in [0.1, 0.15) is 17.0 Å². The fourth-order valence-corrected chi connectivity index (χ4v) is 2.34. The summed E-state index contributed by atoms with van der Waals surface area (Å²) in [6.45, 7) is 0. The van der Waals surface area contributed by atoms with Crippen LogP contribution in [-0.4, -0.2) is 26.3 Å². The van der Waals surface area contributed by atoms with Gasteiger partial charge in [0.15, 0.2) is 5.69 Å². The molecule has 3 rings (SSSR count). The number of carboxylic acids is 1. The Hall–Kier alpha value is -2.79. The van der Waals surface area contributed by atoms with Crippen molar-refractivity contribution in [3.63, 3.8) is 0 Å². The molecular formula is C16H10ClNO4. The van der Waals surface area contributed by atoms with Gasteiger partial charge in [-0.15, -0.1) is 0 Å². The molecule has 1 heterocycles. The van der Waals surface area contributed by atoms with Crippen LogP contribution in [0.3, 0.4) is 0 Å². The average Bonchev–Trinajstić information content (AvgIpc) is 2.48. The molecule has 0 saturated heterocycles. The Morgan fingerprint density at radius 1 is 0.955 bits per heavy atom. The molecule has 0 unspecified atom stereocenters. The van der Waals surface area contributed by atoms with E-state index in [-0.39, 0.29) is 28.1 Å². The molecule has 0 fully saturated rings. The molecule has 0 radical (unpaired) electrons. The second-order valence-corrected chi connectivity index (χ2v) is 5.17. The lowest BCUT2D eigenvalue weighted by molar-refractivity contribution is 0.0690. The van der Waals surface area contributed by atoms with Crippen LogP contribution in [0.1, 0.15) is 10.5 Å². The molecule has 0 saturated carbocycles. The lowest BCUT2D eigenvalue weighted by Crippen LogP contribution is -2.00. The van der Waals surface area contributed by atoms with Crippen LogP contribution in [0.25, 0.3) is 22.0 Å². The number of hydrogen-bond donors (Lipinski definition) is 3. The zero-order valence-corrected chi connectivity index (χ0v) is 11.9. The highest BCUT2D eigenvalue weighted by molar-refractivity contribution is 6.30. The smallest absolute Gasteiger partial charge is 0.354 e. The Morgan fingerprint density at radius 3 is 2.27 bits per heavy atom. The van der Waals surface area contributed by atoms with Gasteiger partial charge in [0.25, 0.3) is 0 Å². The number of aromatic carboxylic acids is 1. The van der Waals surface area contributed by atoms with E-state index in [9.17, 15) is 15.0 Å². The molecule has 5 nitrogen and oxygen atoms in total. The van der Waals surface area contributed by atoms with Crippen molar-refractivity contribution >= 4 is 28.5 Å². The van der Waals surface area contributed by atoms with Crippen LogP contribution in [-0.2, 0) is 0 Å². The van der Waals surface area contributed by atoms with Crippen LogP contribution in [0.5, 0.6) is 11.5 Å². The first-order valence-corrected chi connectivity index (χ1v) is 6.69. The fourth-order valence-electron chi connectivity index (χ4n) is 2.21. The van der Waals surface area contributed by atoms with E-state index in [2.05, 4.69) is 4.98 Å². The van der Waals surface area contributed by atoms with Gasteiger partial charge in [0.05, 0.1) is 0 Å². The quantitative estimate of drug-likeness (QED) is 0.671. The second-order valence-electron chi connectivity index (χ2n) is 4.73. The molecular weight excluding hydrogens is 306 g/mol. The van der Waals surface area contributed by atoms with Crippen LogP contribution >= 0.6 is 11.6 Å². The maximum atomic E-state index is 11.0. The van der Waals surface area contributed by atoms with Gasteiger partial charge in [-0.1, -0.05) is 23.7 Å². The largest absolute Gasteiger partial charge is 0.507 e. The number of benzene rings is 2. The highest BCUT2D eigenvalue weighted by Crippen LogP contribution is 2.35. The monoisotopic (exact) mass is 315 g/mol. The summed E-state index contributed by atoms with van der Waals surface area (Å²) in [7, 11) is 0. The number of fused-ring (bicyclic) bond motifs is 1. The van der Waals surface area contributed by atoms with E-state index in [1.807, 2.05) is 0 Å². The molecule has 1 aromatic heterocycles. The molecule has 6 heteroatoms. The molecule has 3 N–H and O–H groups in total. The summed E-state index contributed by atoms with van der Waals surface area (Å²) < 4.78 is 0. The van der Waals surface area contributed by atoms with Gasteiger partial charge in [-0.2, -0.15) is 0 Å². The highest BCUT2D eigenvalue weighted by Gasteiger charge is 2.14. The Balaban J connectivity index is 2.24. The van der Waals surface area contributed by atoms with Crippen molar-refractivity contribution in [3.05, 3.63) is 53.2 Å².